The number of carbonyl (C=O) groups is 1. The third-order valence-electron chi connectivity index (χ3n) is 4.71. The van der Waals surface area contributed by atoms with E-state index in [1.54, 1.807) is 19.9 Å². The molecule has 1 N–H and O–H groups in total. The lowest BCUT2D eigenvalue weighted by Gasteiger charge is -2.26. The highest BCUT2D eigenvalue weighted by Gasteiger charge is 2.35. The Kier molecular flexibility index (Phi) is 6.27. The third kappa shape index (κ3) is 4.97. The summed E-state index contributed by atoms with van der Waals surface area (Å²) in [5.41, 5.74) is -0.424. The first kappa shape index (κ1) is 18.8. The minimum Gasteiger partial charge on any atom is -0.381 e. The Balaban J connectivity index is 1.99. The molecule has 0 aliphatic carbocycles. The van der Waals surface area contributed by atoms with Crippen LogP contribution in [0.3, 0.4) is 0 Å². The van der Waals surface area contributed by atoms with Crippen LogP contribution in [0.5, 0.6) is 0 Å². The zero-order valence-electron chi connectivity index (χ0n) is 14.0. The summed E-state index contributed by atoms with van der Waals surface area (Å²) in [4.78, 5) is 12.2. The molecule has 2 atom stereocenters. The lowest BCUT2D eigenvalue weighted by molar-refractivity contribution is -0.138. The van der Waals surface area contributed by atoms with Crippen molar-refractivity contribution in [2.75, 3.05) is 13.2 Å². The van der Waals surface area contributed by atoms with Crippen molar-refractivity contribution in [2.45, 2.75) is 51.2 Å². The van der Waals surface area contributed by atoms with Gasteiger partial charge in [-0.25, -0.2) is 0 Å². The molecule has 1 aromatic carbocycles. The molecule has 0 bridgehead atoms. The Morgan fingerprint density at radius 3 is 2.50 bits per heavy atom. The van der Waals surface area contributed by atoms with Crippen LogP contribution in [-0.4, -0.2) is 25.2 Å². The number of halogens is 3. The lowest BCUT2D eigenvalue weighted by atomic mass is 9.89. The van der Waals surface area contributed by atoms with Gasteiger partial charge in [0.25, 0.3) is 0 Å². The van der Waals surface area contributed by atoms with E-state index < -0.39 is 17.7 Å². The summed E-state index contributed by atoms with van der Waals surface area (Å²) in [6.45, 7) is 4.80. The highest BCUT2D eigenvalue weighted by molar-refractivity contribution is 5.76. The van der Waals surface area contributed by atoms with Crippen LogP contribution >= 0.6 is 0 Å². The molecule has 6 heteroatoms. The molecular formula is C18H24F3NO2. The van der Waals surface area contributed by atoms with Crippen LogP contribution in [0, 0.1) is 5.92 Å². The van der Waals surface area contributed by atoms with Crippen molar-refractivity contribution in [3.8, 4) is 0 Å². The largest absolute Gasteiger partial charge is 0.416 e. The number of benzene rings is 1. The molecule has 1 fully saturated rings. The number of carbonyl (C=O) groups excluding carboxylic acids is 1. The molecule has 0 saturated carbocycles. The fraction of sp³-hybridized carbons (Fsp3) is 0.611. The maximum Gasteiger partial charge on any atom is 0.416 e. The van der Waals surface area contributed by atoms with Gasteiger partial charge in [0.05, 0.1) is 5.56 Å². The van der Waals surface area contributed by atoms with Crippen molar-refractivity contribution in [2.24, 2.45) is 5.92 Å². The summed E-state index contributed by atoms with van der Waals surface area (Å²) < 4.78 is 44.7. The molecule has 3 nitrogen and oxygen atoms in total. The molecular weight excluding hydrogens is 319 g/mol. The fourth-order valence-electron chi connectivity index (χ4n) is 3.07. The van der Waals surface area contributed by atoms with Crippen LogP contribution in [0.2, 0.25) is 0 Å². The van der Waals surface area contributed by atoms with E-state index in [0.717, 1.165) is 18.9 Å². The van der Waals surface area contributed by atoms with Gasteiger partial charge in [0.1, 0.15) is 0 Å². The van der Waals surface area contributed by atoms with Gasteiger partial charge in [-0.1, -0.05) is 25.1 Å². The summed E-state index contributed by atoms with van der Waals surface area (Å²) in [5.74, 6) is -0.240. The summed E-state index contributed by atoms with van der Waals surface area (Å²) in [7, 11) is 0. The standard InChI is InChI=1S/C18H24F3NO2/c1-12(15-5-3-4-6-16(15)18(19,20)21)13(2)22-17(23)11-14-7-9-24-10-8-14/h3-6,12-14H,7-11H2,1-2H3,(H,22,23)/t12-,13+/m0/s1. The highest BCUT2D eigenvalue weighted by Crippen LogP contribution is 2.36. The maximum absolute atomic E-state index is 13.1. The first-order chi connectivity index (χ1) is 11.3. The number of amides is 1. The Labute approximate surface area is 140 Å². The molecule has 1 aromatic rings. The molecule has 24 heavy (non-hydrogen) atoms. The van der Waals surface area contributed by atoms with E-state index in [9.17, 15) is 18.0 Å². The normalized spacial score (nSPS) is 18.9. The number of ether oxygens (including phenoxy) is 1. The third-order valence-corrected chi connectivity index (χ3v) is 4.71. The van der Waals surface area contributed by atoms with Crippen molar-refractivity contribution in [3.63, 3.8) is 0 Å². The van der Waals surface area contributed by atoms with Crippen molar-refractivity contribution >= 4 is 5.91 Å². The topological polar surface area (TPSA) is 38.3 Å². The predicted molar refractivity (Wildman–Crippen MR) is 85.6 cm³/mol. The van der Waals surface area contributed by atoms with E-state index in [2.05, 4.69) is 5.32 Å². The predicted octanol–water partition coefficient (Wildman–Crippen LogP) is 4.13. The quantitative estimate of drug-likeness (QED) is 0.873. The van der Waals surface area contributed by atoms with E-state index >= 15 is 0 Å². The zero-order valence-corrected chi connectivity index (χ0v) is 14.0. The van der Waals surface area contributed by atoms with Crippen molar-refractivity contribution in [1.82, 2.24) is 5.32 Å². The van der Waals surface area contributed by atoms with Gasteiger partial charge in [0.2, 0.25) is 5.91 Å². The molecule has 1 heterocycles. The van der Waals surface area contributed by atoms with Crippen LogP contribution in [0.4, 0.5) is 13.2 Å². The van der Waals surface area contributed by atoms with Crippen LogP contribution in [0.25, 0.3) is 0 Å². The van der Waals surface area contributed by atoms with Gasteiger partial charge in [-0.15, -0.1) is 0 Å². The summed E-state index contributed by atoms with van der Waals surface area (Å²) in [6, 6.07) is 5.17. The number of rotatable bonds is 5. The number of nitrogens with one attached hydrogen (secondary N) is 1. The smallest absolute Gasteiger partial charge is 0.381 e. The zero-order chi connectivity index (χ0) is 17.7. The SMILES string of the molecule is C[C@H](c1ccccc1C(F)(F)F)[C@@H](C)NC(=O)CC1CCOCC1. The molecule has 0 aromatic heterocycles. The Bertz CT molecular complexity index is 553. The second-order valence-corrected chi connectivity index (χ2v) is 6.49. The van der Waals surface area contributed by atoms with Crippen molar-refractivity contribution in [3.05, 3.63) is 35.4 Å². The lowest BCUT2D eigenvalue weighted by Crippen LogP contribution is -2.38. The molecule has 0 unspecified atom stereocenters. The van der Waals surface area contributed by atoms with Crippen LogP contribution in [0.1, 0.15) is 50.2 Å². The van der Waals surface area contributed by atoms with E-state index in [1.807, 2.05) is 0 Å². The second kappa shape index (κ2) is 8.01. The van der Waals surface area contributed by atoms with Crippen LogP contribution < -0.4 is 5.32 Å². The van der Waals surface area contributed by atoms with Gasteiger partial charge in [-0.2, -0.15) is 13.2 Å². The number of alkyl halides is 3. The van der Waals surface area contributed by atoms with Crippen LogP contribution in [0.15, 0.2) is 24.3 Å². The van der Waals surface area contributed by atoms with Gasteiger partial charge >= 0.3 is 6.18 Å². The Hall–Kier alpha value is -1.56. The first-order valence-electron chi connectivity index (χ1n) is 8.32. The van der Waals surface area contributed by atoms with E-state index in [0.29, 0.717) is 25.6 Å². The molecule has 134 valence electrons. The highest BCUT2D eigenvalue weighted by atomic mass is 19.4. The molecule has 0 spiro atoms. The monoisotopic (exact) mass is 343 g/mol. The average molecular weight is 343 g/mol. The van der Waals surface area contributed by atoms with E-state index in [-0.39, 0.29) is 17.5 Å². The maximum atomic E-state index is 13.1. The number of hydrogen-bond donors (Lipinski definition) is 1. The van der Waals surface area contributed by atoms with Gasteiger partial charge in [0, 0.05) is 31.6 Å². The van der Waals surface area contributed by atoms with E-state index in [4.69, 9.17) is 4.74 Å². The van der Waals surface area contributed by atoms with Crippen molar-refractivity contribution in [1.29, 1.82) is 0 Å². The molecule has 1 aliphatic rings. The molecule has 1 aliphatic heterocycles. The van der Waals surface area contributed by atoms with Gasteiger partial charge in [-0.3, -0.25) is 4.79 Å². The summed E-state index contributed by atoms with van der Waals surface area (Å²) in [6.07, 6.45) is -2.28. The fourth-order valence-corrected chi connectivity index (χ4v) is 3.07. The van der Waals surface area contributed by atoms with Crippen LogP contribution in [-0.2, 0) is 15.7 Å². The summed E-state index contributed by atoms with van der Waals surface area (Å²) in [5, 5.41) is 2.86. The minimum absolute atomic E-state index is 0.106. The average Bonchev–Trinajstić information content (AvgIpc) is 2.54. The Morgan fingerprint density at radius 2 is 1.88 bits per heavy atom. The first-order valence-corrected chi connectivity index (χ1v) is 8.32. The van der Waals surface area contributed by atoms with Crippen molar-refractivity contribution < 1.29 is 22.7 Å². The van der Waals surface area contributed by atoms with Gasteiger partial charge < -0.3 is 10.1 Å². The number of hydrogen-bond acceptors (Lipinski definition) is 2. The molecule has 0 radical (unpaired) electrons. The Morgan fingerprint density at radius 1 is 1.25 bits per heavy atom. The molecule has 1 amide bonds. The molecule has 1 saturated heterocycles. The second-order valence-electron chi connectivity index (χ2n) is 6.49. The minimum atomic E-state index is -4.39. The molecule has 2 rings (SSSR count). The van der Waals surface area contributed by atoms with Gasteiger partial charge in [0.15, 0.2) is 0 Å². The van der Waals surface area contributed by atoms with Gasteiger partial charge in [-0.05, 0) is 37.3 Å². The van der Waals surface area contributed by atoms with E-state index in [1.165, 1.54) is 12.1 Å². The summed E-state index contributed by atoms with van der Waals surface area (Å²) >= 11 is 0.